The van der Waals surface area contributed by atoms with Gasteiger partial charge >= 0.3 is 0 Å². The van der Waals surface area contributed by atoms with Crippen molar-refractivity contribution in [1.29, 1.82) is 0 Å². The molecule has 4 nitrogen and oxygen atoms in total. The average Bonchev–Trinajstić information content (AvgIpc) is 2.54. The van der Waals surface area contributed by atoms with Gasteiger partial charge in [0.25, 0.3) is 0 Å². The summed E-state index contributed by atoms with van der Waals surface area (Å²) in [7, 11) is 0. The van der Waals surface area contributed by atoms with Crippen molar-refractivity contribution in [2.75, 3.05) is 18.5 Å². The molecule has 128 valence electrons. The third-order valence-electron chi connectivity index (χ3n) is 3.18. The lowest BCUT2D eigenvalue weighted by molar-refractivity contribution is -0.115. The van der Waals surface area contributed by atoms with Gasteiger partial charge in [-0.25, -0.2) is 0 Å². The van der Waals surface area contributed by atoms with Crippen LogP contribution >= 0.6 is 23.2 Å². The molecule has 0 aliphatic heterocycles. The van der Waals surface area contributed by atoms with Crippen molar-refractivity contribution in [2.24, 2.45) is 0 Å². The fraction of sp³-hybridized carbons (Fsp3) is 0.278. The number of ether oxygens (including phenoxy) is 2. The van der Waals surface area contributed by atoms with Gasteiger partial charge in [0.2, 0.25) is 5.91 Å². The molecule has 0 aliphatic rings. The number of amides is 1. The summed E-state index contributed by atoms with van der Waals surface area (Å²) in [6, 6.07) is 10.5. The lowest BCUT2D eigenvalue weighted by Gasteiger charge is -2.12. The summed E-state index contributed by atoms with van der Waals surface area (Å²) in [5.41, 5.74) is 1.44. The van der Waals surface area contributed by atoms with Crippen LogP contribution in [0, 0.1) is 0 Å². The molecule has 0 unspecified atom stereocenters. The maximum absolute atomic E-state index is 12.2. The molecule has 24 heavy (non-hydrogen) atoms. The van der Waals surface area contributed by atoms with Gasteiger partial charge in [-0.05, 0) is 49.7 Å². The highest BCUT2D eigenvalue weighted by Gasteiger charge is 2.10. The quantitative estimate of drug-likeness (QED) is 0.751. The Labute approximate surface area is 151 Å². The van der Waals surface area contributed by atoms with Crippen LogP contribution in [0.4, 0.5) is 5.69 Å². The van der Waals surface area contributed by atoms with Gasteiger partial charge in [-0.15, -0.1) is 0 Å². The third kappa shape index (κ3) is 5.05. The van der Waals surface area contributed by atoms with Crippen LogP contribution in [0.2, 0.25) is 10.0 Å². The van der Waals surface area contributed by atoms with Crippen molar-refractivity contribution in [3.05, 3.63) is 52.0 Å². The van der Waals surface area contributed by atoms with Crippen LogP contribution in [0.1, 0.15) is 19.4 Å². The number of nitrogens with one attached hydrogen (secondary N) is 1. The van der Waals surface area contributed by atoms with Gasteiger partial charge in [0.15, 0.2) is 11.5 Å². The molecule has 0 atom stereocenters. The van der Waals surface area contributed by atoms with Gasteiger partial charge in [0, 0.05) is 5.69 Å². The first kappa shape index (κ1) is 18.4. The summed E-state index contributed by atoms with van der Waals surface area (Å²) >= 11 is 11.8. The molecule has 0 fully saturated rings. The zero-order chi connectivity index (χ0) is 17.5. The number of halogens is 2. The topological polar surface area (TPSA) is 47.6 Å². The zero-order valence-corrected chi connectivity index (χ0v) is 15.1. The van der Waals surface area contributed by atoms with E-state index < -0.39 is 0 Å². The van der Waals surface area contributed by atoms with Crippen molar-refractivity contribution >= 4 is 34.8 Å². The van der Waals surface area contributed by atoms with Crippen LogP contribution in [0.15, 0.2) is 36.4 Å². The molecule has 6 heteroatoms. The third-order valence-corrected chi connectivity index (χ3v) is 3.91. The number of carbonyl (C=O) groups excluding carboxylic acids is 1. The Morgan fingerprint density at radius 3 is 2.33 bits per heavy atom. The highest BCUT2D eigenvalue weighted by molar-refractivity contribution is 6.42. The van der Waals surface area contributed by atoms with Crippen molar-refractivity contribution < 1.29 is 14.3 Å². The molecule has 1 N–H and O–H groups in total. The summed E-state index contributed by atoms with van der Waals surface area (Å²) in [5, 5.41) is 3.64. The Morgan fingerprint density at radius 1 is 0.958 bits per heavy atom. The molecule has 0 saturated carbocycles. The molecule has 0 saturated heterocycles. The van der Waals surface area contributed by atoms with Gasteiger partial charge < -0.3 is 14.8 Å². The first-order chi connectivity index (χ1) is 11.5. The van der Waals surface area contributed by atoms with Crippen LogP contribution in [-0.2, 0) is 11.2 Å². The smallest absolute Gasteiger partial charge is 0.228 e. The molecule has 0 bridgehead atoms. The molecule has 2 aromatic rings. The van der Waals surface area contributed by atoms with E-state index in [9.17, 15) is 4.79 Å². The largest absolute Gasteiger partial charge is 0.490 e. The number of hydrogen-bond donors (Lipinski definition) is 1. The first-order valence-electron chi connectivity index (χ1n) is 7.67. The SMILES string of the molecule is CCOc1ccc(CC(=O)Nc2ccc(Cl)c(Cl)c2)cc1OCC. The maximum atomic E-state index is 12.2. The molecule has 0 spiro atoms. The summed E-state index contributed by atoms with van der Waals surface area (Å²) in [5.74, 6) is 1.16. The molecule has 1 amide bonds. The number of anilines is 1. The highest BCUT2D eigenvalue weighted by atomic mass is 35.5. The minimum Gasteiger partial charge on any atom is -0.490 e. The number of hydrogen-bond acceptors (Lipinski definition) is 3. The Bertz CT molecular complexity index is 719. The Kier molecular flexibility index (Phi) is 6.76. The predicted molar refractivity (Wildman–Crippen MR) is 97.6 cm³/mol. The van der Waals surface area contributed by atoms with Gasteiger partial charge in [0.1, 0.15) is 0 Å². The van der Waals surface area contributed by atoms with Crippen molar-refractivity contribution in [3.8, 4) is 11.5 Å². The number of rotatable bonds is 7. The van der Waals surface area contributed by atoms with Gasteiger partial charge in [0.05, 0.1) is 29.7 Å². The van der Waals surface area contributed by atoms with E-state index in [1.165, 1.54) is 0 Å². The molecule has 2 aromatic carbocycles. The predicted octanol–water partition coefficient (Wildman–Crippen LogP) is 4.97. The van der Waals surface area contributed by atoms with E-state index in [0.717, 1.165) is 5.56 Å². The maximum Gasteiger partial charge on any atom is 0.228 e. The van der Waals surface area contributed by atoms with E-state index in [1.807, 2.05) is 32.0 Å². The van der Waals surface area contributed by atoms with E-state index in [1.54, 1.807) is 18.2 Å². The van der Waals surface area contributed by atoms with E-state index in [-0.39, 0.29) is 12.3 Å². The van der Waals surface area contributed by atoms with Gasteiger partial charge in [-0.1, -0.05) is 29.3 Å². The Balaban J connectivity index is 2.07. The number of benzene rings is 2. The summed E-state index contributed by atoms with van der Waals surface area (Å²) in [6.07, 6.45) is 0.215. The second kappa shape index (κ2) is 8.81. The van der Waals surface area contributed by atoms with Gasteiger partial charge in [-0.3, -0.25) is 4.79 Å². The minimum absolute atomic E-state index is 0.153. The monoisotopic (exact) mass is 367 g/mol. The Morgan fingerprint density at radius 2 is 1.67 bits per heavy atom. The molecule has 0 aromatic heterocycles. The number of carbonyl (C=O) groups is 1. The van der Waals surface area contributed by atoms with E-state index in [2.05, 4.69) is 5.32 Å². The van der Waals surface area contributed by atoms with Crippen molar-refractivity contribution in [3.63, 3.8) is 0 Å². The second-order valence-electron chi connectivity index (χ2n) is 5.00. The molecule has 0 radical (unpaired) electrons. The fourth-order valence-corrected chi connectivity index (χ4v) is 2.47. The minimum atomic E-state index is -0.153. The molecule has 0 aliphatic carbocycles. The van der Waals surface area contributed by atoms with Gasteiger partial charge in [-0.2, -0.15) is 0 Å². The summed E-state index contributed by atoms with van der Waals surface area (Å²) in [4.78, 5) is 12.2. The molecule has 2 rings (SSSR count). The standard InChI is InChI=1S/C18H19Cl2NO3/c1-3-23-16-8-5-12(9-17(16)24-4-2)10-18(22)21-13-6-7-14(19)15(20)11-13/h5-9,11H,3-4,10H2,1-2H3,(H,21,22). The van der Waals surface area contributed by atoms with Crippen molar-refractivity contribution in [1.82, 2.24) is 0 Å². The molecular formula is C18H19Cl2NO3. The van der Waals surface area contributed by atoms with E-state index >= 15 is 0 Å². The van der Waals surface area contributed by atoms with E-state index in [0.29, 0.717) is 40.4 Å². The zero-order valence-electron chi connectivity index (χ0n) is 13.6. The molecular weight excluding hydrogens is 349 g/mol. The van der Waals surface area contributed by atoms with Crippen LogP contribution in [0.3, 0.4) is 0 Å². The summed E-state index contributed by atoms with van der Waals surface area (Å²) < 4.78 is 11.1. The lowest BCUT2D eigenvalue weighted by Crippen LogP contribution is -2.14. The van der Waals surface area contributed by atoms with E-state index in [4.69, 9.17) is 32.7 Å². The first-order valence-corrected chi connectivity index (χ1v) is 8.42. The van der Waals surface area contributed by atoms with Crippen LogP contribution in [-0.4, -0.2) is 19.1 Å². The second-order valence-corrected chi connectivity index (χ2v) is 5.82. The highest BCUT2D eigenvalue weighted by Crippen LogP contribution is 2.29. The molecule has 0 heterocycles. The Hall–Kier alpha value is -1.91. The van der Waals surface area contributed by atoms with Crippen LogP contribution < -0.4 is 14.8 Å². The normalized spacial score (nSPS) is 10.3. The summed E-state index contributed by atoms with van der Waals surface area (Å²) in [6.45, 7) is 4.89. The van der Waals surface area contributed by atoms with Crippen LogP contribution in [0.25, 0.3) is 0 Å². The fourth-order valence-electron chi connectivity index (χ4n) is 2.17. The van der Waals surface area contributed by atoms with Crippen LogP contribution in [0.5, 0.6) is 11.5 Å². The average molecular weight is 368 g/mol. The lowest BCUT2D eigenvalue weighted by atomic mass is 10.1. The van der Waals surface area contributed by atoms with Crippen molar-refractivity contribution in [2.45, 2.75) is 20.3 Å².